The van der Waals surface area contributed by atoms with E-state index in [1.54, 1.807) is 12.1 Å². The predicted octanol–water partition coefficient (Wildman–Crippen LogP) is 0.0918. The molecule has 0 unspecified atom stereocenters. The molecule has 2 heterocycles. The summed E-state index contributed by atoms with van der Waals surface area (Å²) >= 11 is 0. The smallest absolute Gasteiger partial charge is 0.245 e. The second-order valence-corrected chi connectivity index (χ2v) is 22.0. The number of phenols is 1. The number of carbonyl (C=O) groups excluding carboxylic acids is 8. The minimum atomic E-state index is -1.38. The zero-order valence-corrected chi connectivity index (χ0v) is 44.4. The SMILES string of the molecule is CC(C)C[C@H](N)C(=O)N[C@@H](Cc1ccc(O)cc1)C(=O)N[C@@H](CC1CCCCC1)C(=O)N[C@@H](CC1CCCCC1)C(=O)N1CCC[C@H]1C(=O)N[C@@H](CCCNC(N)N)C(=O)N1CCC[C@H]1C(=O)N[C@H](C(N)=O)[C@@H](C)O. The highest BCUT2D eigenvalue weighted by Crippen LogP contribution is 2.31. The van der Waals surface area contributed by atoms with Gasteiger partial charge in [0.25, 0.3) is 0 Å². The lowest BCUT2D eigenvalue weighted by molar-refractivity contribution is -0.145. The number of nitrogens with two attached hydrogens (primary N) is 4. The van der Waals surface area contributed by atoms with Gasteiger partial charge in [-0.3, -0.25) is 43.7 Å². The van der Waals surface area contributed by atoms with Crippen LogP contribution >= 0.6 is 0 Å². The molecular weight excluding hydrogens is 965 g/mol. The first kappa shape index (κ1) is 60.4. The first-order valence-corrected chi connectivity index (χ1v) is 27.6. The van der Waals surface area contributed by atoms with Crippen molar-refractivity contribution in [3.05, 3.63) is 29.8 Å². The van der Waals surface area contributed by atoms with Crippen LogP contribution in [0.4, 0.5) is 0 Å². The highest BCUT2D eigenvalue weighted by Gasteiger charge is 2.43. The van der Waals surface area contributed by atoms with E-state index in [0.717, 1.165) is 64.2 Å². The molecule has 4 fully saturated rings. The lowest BCUT2D eigenvalue weighted by Gasteiger charge is -2.34. The van der Waals surface area contributed by atoms with Crippen molar-refractivity contribution in [2.24, 2.45) is 40.7 Å². The second-order valence-electron chi connectivity index (χ2n) is 22.0. The fourth-order valence-corrected chi connectivity index (χ4v) is 11.3. The summed E-state index contributed by atoms with van der Waals surface area (Å²) in [5.41, 5.74) is 23.8. The summed E-state index contributed by atoms with van der Waals surface area (Å²) in [6.45, 7) is 5.89. The van der Waals surface area contributed by atoms with Gasteiger partial charge in [0.05, 0.1) is 12.1 Å². The zero-order valence-electron chi connectivity index (χ0n) is 44.4. The number of nitrogens with one attached hydrogen (secondary N) is 6. The third-order valence-electron chi connectivity index (χ3n) is 15.3. The summed E-state index contributed by atoms with van der Waals surface area (Å²) in [7, 11) is 0. The fourth-order valence-electron chi connectivity index (χ4n) is 11.3. The first-order chi connectivity index (χ1) is 35.7. The molecule has 22 heteroatoms. The normalized spacial score (nSPS) is 21.3. The van der Waals surface area contributed by atoms with Crippen molar-refractivity contribution in [1.82, 2.24) is 41.7 Å². The summed E-state index contributed by atoms with van der Waals surface area (Å²) in [5, 5.41) is 37.2. The molecule has 9 atom stereocenters. The van der Waals surface area contributed by atoms with Crippen molar-refractivity contribution >= 4 is 47.3 Å². The molecule has 4 aliphatic rings. The van der Waals surface area contributed by atoms with Crippen LogP contribution in [-0.2, 0) is 44.8 Å². The molecule has 2 saturated carbocycles. The van der Waals surface area contributed by atoms with E-state index in [-0.39, 0.29) is 62.3 Å². The molecule has 0 bridgehead atoms. The van der Waals surface area contributed by atoms with E-state index in [1.165, 1.54) is 28.9 Å². The van der Waals surface area contributed by atoms with Crippen molar-refractivity contribution in [3.8, 4) is 5.75 Å². The van der Waals surface area contributed by atoms with Crippen LogP contribution in [0.15, 0.2) is 24.3 Å². The van der Waals surface area contributed by atoms with E-state index in [1.807, 2.05) is 13.8 Å². The molecule has 8 amide bonds. The molecule has 2 aliphatic carbocycles. The summed E-state index contributed by atoms with van der Waals surface area (Å²) in [6, 6.07) is -2.41. The molecule has 5 rings (SSSR count). The number of phenolic OH excluding ortho intramolecular Hbond substituents is 1. The van der Waals surface area contributed by atoms with Crippen LogP contribution < -0.4 is 54.8 Å². The Hall–Kier alpha value is -5.42. The summed E-state index contributed by atoms with van der Waals surface area (Å²) in [4.78, 5) is 115. The molecule has 2 aliphatic heterocycles. The Morgan fingerprint density at radius 2 is 1.11 bits per heavy atom. The number of primary amides is 1. The minimum Gasteiger partial charge on any atom is -0.508 e. The van der Waals surface area contributed by atoms with Crippen molar-refractivity contribution < 1.29 is 48.6 Å². The summed E-state index contributed by atoms with van der Waals surface area (Å²) in [6.07, 6.45) is 10.3. The molecular formula is C53H88N12O10. The average Bonchev–Trinajstić information content (AvgIpc) is 4.08. The number of amides is 8. The quantitative estimate of drug-likeness (QED) is 0.0411. The molecule has 2 saturated heterocycles. The Morgan fingerprint density at radius 3 is 1.63 bits per heavy atom. The molecule has 420 valence electrons. The topological polar surface area (TPSA) is 360 Å². The van der Waals surface area contributed by atoms with Gasteiger partial charge in [-0.15, -0.1) is 0 Å². The molecule has 1 aromatic carbocycles. The zero-order chi connectivity index (χ0) is 54.8. The number of benzene rings is 1. The Balaban J connectivity index is 1.38. The maximum Gasteiger partial charge on any atom is 0.245 e. The summed E-state index contributed by atoms with van der Waals surface area (Å²) in [5.74, 6) is -4.48. The van der Waals surface area contributed by atoms with E-state index in [4.69, 9.17) is 22.9 Å². The molecule has 0 radical (unpaired) electrons. The van der Waals surface area contributed by atoms with Gasteiger partial charge < -0.3 is 69.5 Å². The fraction of sp³-hybridized carbons (Fsp3) is 0.736. The van der Waals surface area contributed by atoms with Gasteiger partial charge in [-0.2, -0.15) is 0 Å². The molecule has 75 heavy (non-hydrogen) atoms. The largest absolute Gasteiger partial charge is 0.508 e. The van der Waals surface area contributed by atoms with Crippen LogP contribution in [0.5, 0.6) is 5.75 Å². The third-order valence-corrected chi connectivity index (χ3v) is 15.3. The number of hydrogen-bond donors (Lipinski definition) is 12. The van der Waals surface area contributed by atoms with E-state index in [2.05, 4.69) is 31.9 Å². The first-order valence-electron chi connectivity index (χ1n) is 27.6. The standard InChI is InChI=1S/C53H88N12O10/c1-31(2)27-37(54)46(69)60-39(29-35-20-22-36(67)23-21-35)47(70)61-40(28-33-13-6-4-7-14-33)48(71)62-41(30-34-15-8-5-9-16-34)52(75)65-26-11-18-42(65)49(72)59-38(17-10-24-58-53(56)57)51(74)64-25-12-19-43(64)50(73)63-44(32(3)66)45(55)68/h20-23,31-34,37-44,53,58,66-67H,4-19,24-30,54,56-57H2,1-3H3,(H2,55,68)(H,59,72)(H,60,69)(H,61,70)(H,62,71)(H,63,73)/t32-,37+,38+,39+,40+,41+,42+,43+,44+/m1/s1. The highest BCUT2D eigenvalue weighted by atomic mass is 16.3. The lowest BCUT2D eigenvalue weighted by atomic mass is 9.83. The van der Waals surface area contributed by atoms with Crippen molar-refractivity contribution in [2.75, 3.05) is 19.6 Å². The molecule has 1 aromatic rings. The molecule has 0 spiro atoms. The molecule has 16 N–H and O–H groups in total. The lowest BCUT2D eigenvalue weighted by Crippen LogP contribution is -2.60. The van der Waals surface area contributed by atoms with Gasteiger partial charge in [-0.25, -0.2) is 0 Å². The van der Waals surface area contributed by atoms with Crippen LogP contribution in [0, 0.1) is 17.8 Å². The van der Waals surface area contributed by atoms with E-state index < -0.39 is 108 Å². The molecule has 0 aromatic heterocycles. The monoisotopic (exact) mass is 1050 g/mol. The second kappa shape index (κ2) is 29.8. The number of hydrogen-bond acceptors (Lipinski definition) is 14. The van der Waals surface area contributed by atoms with Crippen LogP contribution in [0.25, 0.3) is 0 Å². The Bertz CT molecular complexity index is 2060. The van der Waals surface area contributed by atoms with Gasteiger partial charge in [0.1, 0.15) is 54.3 Å². The number of aromatic hydroxyl groups is 1. The Labute approximate surface area is 442 Å². The van der Waals surface area contributed by atoms with Gasteiger partial charge in [0.15, 0.2) is 0 Å². The molecule has 22 nitrogen and oxygen atoms in total. The number of nitrogens with zero attached hydrogens (tertiary/aromatic N) is 2. The van der Waals surface area contributed by atoms with E-state index in [0.29, 0.717) is 50.6 Å². The highest BCUT2D eigenvalue weighted by molar-refractivity contribution is 5.98. The number of aliphatic hydroxyl groups excluding tert-OH is 1. The average molecular weight is 1050 g/mol. The van der Waals surface area contributed by atoms with Crippen molar-refractivity contribution in [3.63, 3.8) is 0 Å². The van der Waals surface area contributed by atoms with E-state index in [9.17, 15) is 43.8 Å². The van der Waals surface area contributed by atoms with Gasteiger partial charge in [0, 0.05) is 19.5 Å². The number of likely N-dealkylation sites (tertiary alicyclic amines) is 2. The van der Waals surface area contributed by atoms with Gasteiger partial charge >= 0.3 is 0 Å². The van der Waals surface area contributed by atoms with Crippen LogP contribution in [-0.4, -0.2) is 148 Å². The van der Waals surface area contributed by atoms with Crippen LogP contribution in [0.2, 0.25) is 0 Å². The minimum absolute atomic E-state index is 0.0362. The predicted molar refractivity (Wildman–Crippen MR) is 281 cm³/mol. The number of aliphatic hydroxyl groups is 1. The van der Waals surface area contributed by atoms with Crippen molar-refractivity contribution in [2.45, 2.75) is 210 Å². The maximum absolute atomic E-state index is 15.1. The third kappa shape index (κ3) is 18.7. The van der Waals surface area contributed by atoms with Crippen molar-refractivity contribution in [1.29, 1.82) is 0 Å². The number of rotatable bonds is 27. The van der Waals surface area contributed by atoms with Gasteiger partial charge in [0.2, 0.25) is 47.3 Å². The Kier molecular flexibility index (Phi) is 24.0. The van der Waals surface area contributed by atoms with Crippen LogP contribution in [0.1, 0.15) is 148 Å². The number of carbonyl (C=O) groups is 8. The van der Waals surface area contributed by atoms with E-state index >= 15 is 4.79 Å². The maximum atomic E-state index is 15.1. The Morgan fingerprint density at radius 1 is 0.613 bits per heavy atom. The van der Waals surface area contributed by atoms with Gasteiger partial charge in [-0.05, 0) is 107 Å². The summed E-state index contributed by atoms with van der Waals surface area (Å²) < 4.78 is 0. The van der Waals surface area contributed by atoms with Gasteiger partial charge in [-0.1, -0.05) is 90.2 Å². The van der Waals surface area contributed by atoms with Crippen LogP contribution in [0.3, 0.4) is 0 Å².